The van der Waals surface area contributed by atoms with Crippen LogP contribution in [0.25, 0.3) is 22.2 Å². The minimum atomic E-state index is -0.426. The lowest BCUT2D eigenvalue weighted by atomic mass is 10.1. The number of aryl methyl sites for hydroxylation is 2. The van der Waals surface area contributed by atoms with Gasteiger partial charge in [-0.25, -0.2) is 9.78 Å². The van der Waals surface area contributed by atoms with E-state index in [2.05, 4.69) is 21.2 Å². The first-order chi connectivity index (χ1) is 14.0. The SMILES string of the molecule is CCc1sc(Nc2ccc(C)cc2Br)nc1-c1cc2cccc(OC)c2oc1=O. The van der Waals surface area contributed by atoms with Gasteiger partial charge < -0.3 is 14.5 Å². The molecule has 4 aromatic rings. The average molecular weight is 471 g/mol. The van der Waals surface area contributed by atoms with Gasteiger partial charge in [0.2, 0.25) is 0 Å². The van der Waals surface area contributed by atoms with Crippen molar-refractivity contribution in [3.63, 3.8) is 0 Å². The van der Waals surface area contributed by atoms with Gasteiger partial charge in [-0.15, -0.1) is 11.3 Å². The number of halogens is 1. The van der Waals surface area contributed by atoms with Crippen molar-refractivity contribution in [2.45, 2.75) is 20.3 Å². The predicted molar refractivity (Wildman–Crippen MR) is 122 cm³/mol. The number of thiazole rings is 1. The first-order valence-electron chi connectivity index (χ1n) is 9.14. The molecule has 0 aliphatic rings. The molecule has 0 aliphatic carbocycles. The third kappa shape index (κ3) is 3.80. The van der Waals surface area contributed by atoms with Crippen molar-refractivity contribution in [2.24, 2.45) is 0 Å². The molecule has 0 bridgehead atoms. The summed E-state index contributed by atoms with van der Waals surface area (Å²) >= 11 is 5.12. The maximum absolute atomic E-state index is 12.7. The summed E-state index contributed by atoms with van der Waals surface area (Å²) in [6.07, 6.45) is 0.763. The van der Waals surface area contributed by atoms with E-state index in [9.17, 15) is 4.79 Å². The van der Waals surface area contributed by atoms with Crippen LogP contribution in [0.2, 0.25) is 0 Å². The molecule has 0 radical (unpaired) electrons. The Morgan fingerprint density at radius 2 is 2.07 bits per heavy atom. The molecule has 0 saturated carbocycles. The number of hydrogen-bond acceptors (Lipinski definition) is 6. The summed E-state index contributed by atoms with van der Waals surface area (Å²) in [5.41, 5.74) is 3.22. The normalized spacial score (nSPS) is 11.0. The molecule has 0 atom stereocenters. The molecule has 0 fully saturated rings. The zero-order valence-electron chi connectivity index (χ0n) is 16.2. The van der Waals surface area contributed by atoms with E-state index in [0.717, 1.165) is 32.0 Å². The Labute approximate surface area is 180 Å². The molecule has 5 nitrogen and oxygen atoms in total. The molecule has 0 aliphatic heterocycles. The number of aromatic nitrogens is 1. The molecule has 29 heavy (non-hydrogen) atoms. The second-order valence-corrected chi connectivity index (χ2v) is 8.52. The summed E-state index contributed by atoms with van der Waals surface area (Å²) < 4.78 is 11.8. The van der Waals surface area contributed by atoms with Crippen LogP contribution in [-0.2, 0) is 6.42 Å². The van der Waals surface area contributed by atoms with E-state index in [1.807, 2.05) is 50.2 Å². The van der Waals surface area contributed by atoms with E-state index in [-0.39, 0.29) is 0 Å². The highest BCUT2D eigenvalue weighted by atomic mass is 79.9. The van der Waals surface area contributed by atoms with Crippen molar-refractivity contribution in [3.05, 3.63) is 67.8 Å². The Hall–Kier alpha value is -2.64. The number of anilines is 2. The summed E-state index contributed by atoms with van der Waals surface area (Å²) in [4.78, 5) is 18.5. The quantitative estimate of drug-likeness (QED) is 0.346. The number of nitrogens with zero attached hydrogens (tertiary/aromatic N) is 1. The van der Waals surface area contributed by atoms with Gasteiger partial charge in [0.25, 0.3) is 0 Å². The summed E-state index contributed by atoms with van der Waals surface area (Å²) in [5, 5.41) is 4.87. The van der Waals surface area contributed by atoms with Gasteiger partial charge in [-0.3, -0.25) is 0 Å². The molecule has 4 rings (SSSR count). The van der Waals surface area contributed by atoms with Crippen molar-refractivity contribution in [1.82, 2.24) is 4.98 Å². The van der Waals surface area contributed by atoms with Gasteiger partial charge in [0, 0.05) is 14.7 Å². The molecule has 2 aromatic heterocycles. The van der Waals surface area contributed by atoms with Crippen LogP contribution in [-0.4, -0.2) is 12.1 Å². The molecule has 0 spiro atoms. The van der Waals surface area contributed by atoms with E-state index in [1.54, 1.807) is 13.2 Å². The van der Waals surface area contributed by atoms with Crippen LogP contribution in [0, 0.1) is 6.92 Å². The maximum atomic E-state index is 12.7. The smallest absolute Gasteiger partial charge is 0.345 e. The van der Waals surface area contributed by atoms with Crippen LogP contribution in [0.15, 0.2) is 56.1 Å². The number of para-hydroxylation sites is 1. The minimum absolute atomic E-state index is 0.426. The third-order valence-corrected chi connectivity index (χ3v) is 6.35. The van der Waals surface area contributed by atoms with Gasteiger partial charge in [-0.2, -0.15) is 0 Å². The molecule has 1 N–H and O–H groups in total. The Kier molecular flexibility index (Phi) is 5.43. The fourth-order valence-corrected chi connectivity index (χ4v) is 4.66. The van der Waals surface area contributed by atoms with Gasteiger partial charge in [0.05, 0.1) is 24.1 Å². The molecule has 148 valence electrons. The molecular formula is C22H19BrN2O3S. The van der Waals surface area contributed by atoms with Crippen LogP contribution in [0.1, 0.15) is 17.4 Å². The number of methoxy groups -OCH3 is 1. The molecule has 0 amide bonds. The zero-order valence-corrected chi connectivity index (χ0v) is 18.6. The van der Waals surface area contributed by atoms with Crippen molar-refractivity contribution in [2.75, 3.05) is 12.4 Å². The number of nitrogens with one attached hydrogen (secondary N) is 1. The van der Waals surface area contributed by atoms with E-state index in [1.165, 1.54) is 16.9 Å². The highest BCUT2D eigenvalue weighted by molar-refractivity contribution is 9.10. The van der Waals surface area contributed by atoms with Gasteiger partial charge in [0.1, 0.15) is 0 Å². The molecule has 0 saturated heterocycles. The zero-order chi connectivity index (χ0) is 20.5. The number of benzene rings is 2. The number of rotatable bonds is 5. The number of ether oxygens (including phenoxy) is 1. The largest absolute Gasteiger partial charge is 0.493 e. The van der Waals surface area contributed by atoms with Crippen molar-refractivity contribution in [1.29, 1.82) is 0 Å². The Bertz CT molecular complexity index is 1260. The second-order valence-electron chi connectivity index (χ2n) is 6.58. The fourth-order valence-electron chi connectivity index (χ4n) is 3.14. The molecular weight excluding hydrogens is 452 g/mol. The predicted octanol–water partition coefficient (Wildman–Crippen LogP) is 6.30. The molecule has 7 heteroatoms. The first kappa shape index (κ1) is 19.7. The van der Waals surface area contributed by atoms with Crippen LogP contribution in [0.4, 0.5) is 10.8 Å². The van der Waals surface area contributed by atoms with Crippen LogP contribution in [0.5, 0.6) is 5.75 Å². The standard InChI is InChI=1S/C22H19BrN2O3S/c1-4-18-19(25-22(29-18)24-16-9-8-12(2)10-15(16)23)14-11-13-6-5-7-17(27-3)20(13)28-21(14)26/h5-11H,4H2,1-3H3,(H,24,25). The highest BCUT2D eigenvalue weighted by Gasteiger charge is 2.18. The third-order valence-electron chi connectivity index (χ3n) is 4.58. The lowest BCUT2D eigenvalue weighted by molar-refractivity contribution is 0.407. The molecule has 2 heterocycles. The topological polar surface area (TPSA) is 64.4 Å². The van der Waals surface area contributed by atoms with Crippen molar-refractivity contribution < 1.29 is 9.15 Å². The lowest BCUT2D eigenvalue weighted by Crippen LogP contribution is -2.05. The van der Waals surface area contributed by atoms with Crippen LogP contribution in [0.3, 0.4) is 0 Å². The van der Waals surface area contributed by atoms with E-state index in [4.69, 9.17) is 14.1 Å². The number of hydrogen-bond donors (Lipinski definition) is 1. The van der Waals surface area contributed by atoms with E-state index in [0.29, 0.717) is 22.6 Å². The lowest BCUT2D eigenvalue weighted by Gasteiger charge is -2.06. The van der Waals surface area contributed by atoms with Crippen LogP contribution >= 0.6 is 27.3 Å². The van der Waals surface area contributed by atoms with E-state index < -0.39 is 5.63 Å². The summed E-state index contributed by atoms with van der Waals surface area (Å²) in [6, 6.07) is 13.4. The minimum Gasteiger partial charge on any atom is -0.493 e. The first-order valence-corrected chi connectivity index (χ1v) is 10.7. The molecule has 2 aromatic carbocycles. The van der Waals surface area contributed by atoms with Gasteiger partial charge in [-0.05, 0) is 59.1 Å². The van der Waals surface area contributed by atoms with Crippen LogP contribution < -0.4 is 15.7 Å². The van der Waals surface area contributed by atoms with E-state index >= 15 is 0 Å². The fraction of sp³-hybridized carbons (Fsp3) is 0.182. The highest BCUT2D eigenvalue weighted by Crippen LogP contribution is 2.35. The summed E-state index contributed by atoms with van der Waals surface area (Å²) in [7, 11) is 1.56. The Morgan fingerprint density at radius 3 is 2.79 bits per heavy atom. The maximum Gasteiger partial charge on any atom is 0.345 e. The molecule has 0 unspecified atom stereocenters. The number of fused-ring (bicyclic) bond motifs is 1. The summed E-state index contributed by atoms with van der Waals surface area (Å²) in [5.74, 6) is 0.534. The van der Waals surface area contributed by atoms with Crippen molar-refractivity contribution in [3.8, 4) is 17.0 Å². The monoisotopic (exact) mass is 470 g/mol. The van der Waals surface area contributed by atoms with Gasteiger partial charge in [0.15, 0.2) is 16.5 Å². The van der Waals surface area contributed by atoms with Gasteiger partial charge in [-0.1, -0.05) is 25.1 Å². The Morgan fingerprint density at radius 1 is 1.24 bits per heavy atom. The Balaban J connectivity index is 1.79. The van der Waals surface area contributed by atoms with Crippen molar-refractivity contribution >= 4 is 49.1 Å². The van der Waals surface area contributed by atoms with Gasteiger partial charge >= 0.3 is 5.63 Å². The second kappa shape index (κ2) is 8.00. The summed E-state index contributed by atoms with van der Waals surface area (Å²) in [6.45, 7) is 4.09. The average Bonchev–Trinajstić information content (AvgIpc) is 3.12.